The molecule has 0 fully saturated rings. The van der Waals surface area contributed by atoms with Gasteiger partial charge >= 0.3 is 0 Å². The molecule has 13 heavy (non-hydrogen) atoms. The first-order valence-corrected chi connectivity index (χ1v) is 4.51. The molecular formula is C7H8B4BrN. The van der Waals surface area contributed by atoms with E-state index in [4.69, 9.17) is 5.73 Å². The van der Waals surface area contributed by atoms with Gasteiger partial charge in [0.1, 0.15) is 0 Å². The number of hydrogen-bond acceptors (Lipinski definition) is 1. The van der Waals surface area contributed by atoms with Crippen LogP contribution < -0.4 is 5.73 Å². The maximum absolute atomic E-state index is 5.57. The van der Waals surface area contributed by atoms with Crippen molar-refractivity contribution < 1.29 is 0 Å². The summed E-state index contributed by atoms with van der Waals surface area (Å²) in [7, 11) is 14.0. The lowest BCUT2D eigenvalue weighted by atomic mass is 9.08. The zero-order chi connectivity index (χ0) is 10.4. The molecular weight excluding hydrogens is 221 g/mol. The van der Waals surface area contributed by atoms with Crippen LogP contribution in [0.25, 0.3) is 0 Å². The van der Waals surface area contributed by atoms with Gasteiger partial charge in [-0.25, -0.2) is 0 Å². The van der Waals surface area contributed by atoms with Gasteiger partial charge in [0, 0.05) is 39.8 Å². The van der Waals surface area contributed by atoms with Gasteiger partial charge in [-0.2, -0.15) is 0 Å². The van der Waals surface area contributed by atoms with Crippen LogP contribution in [0.2, 0.25) is 0 Å². The molecule has 6 radical (unpaired) electrons. The molecule has 1 aromatic rings. The minimum absolute atomic E-state index is 0.667. The van der Waals surface area contributed by atoms with Gasteiger partial charge in [0.05, 0.1) is 0 Å². The molecule has 0 unspecified atom stereocenters. The number of nitrogen functional groups attached to an aromatic ring is 1. The zero-order valence-electron chi connectivity index (χ0n) is 7.50. The Labute approximate surface area is 92.2 Å². The molecule has 60 valence electrons. The highest BCUT2D eigenvalue weighted by Crippen LogP contribution is 2.22. The van der Waals surface area contributed by atoms with Crippen LogP contribution in [0.3, 0.4) is 0 Å². The second kappa shape index (κ2) is 6.25. The van der Waals surface area contributed by atoms with Crippen LogP contribution in [-0.4, -0.2) is 29.6 Å². The molecule has 0 spiro atoms. The fourth-order valence-electron chi connectivity index (χ4n) is 0.670. The maximum Gasteiger partial charge on any atom is 0.0461 e. The average Bonchev–Trinajstić information content (AvgIpc) is 1.99. The van der Waals surface area contributed by atoms with Crippen molar-refractivity contribution in [1.82, 2.24) is 0 Å². The molecule has 0 amide bonds. The van der Waals surface area contributed by atoms with Gasteiger partial charge in [-0.1, -0.05) is 12.1 Å². The third-order valence-electron chi connectivity index (χ3n) is 1.22. The van der Waals surface area contributed by atoms with Crippen LogP contribution in [0, 0.1) is 6.92 Å². The van der Waals surface area contributed by atoms with Crippen molar-refractivity contribution in [3.8, 4) is 0 Å². The first-order chi connectivity index (χ1) is 5.95. The summed E-state index contributed by atoms with van der Waals surface area (Å²) in [5, 5.41) is 0. The van der Waals surface area contributed by atoms with Crippen LogP contribution >= 0.6 is 15.9 Å². The number of rotatable bonds is 0. The molecule has 1 nitrogen and oxygen atoms in total. The molecule has 0 atom stereocenters. The smallest absolute Gasteiger partial charge is 0.0461 e. The number of halogens is 1. The van der Waals surface area contributed by atoms with E-state index in [0.717, 1.165) is 10.2 Å². The van der Waals surface area contributed by atoms with E-state index < -0.39 is 6.39 Å². The summed E-state index contributed by atoms with van der Waals surface area (Å²) >= 11 is 3.35. The Morgan fingerprint density at radius 1 is 1.31 bits per heavy atom. The van der Waals surface area contributed by atoms with Crippen molar-refractivity contribution >= 4 is 51.2 Å². The zero-order valence-corrected chi connectivity index (χ0v) is 9.08. The monoisotopic (exact) mass is 229 g/mol. The Bertz CT molecular complexity index is 244. The molecule has 0 aliphatic rings. The molecule has 0 bridgehead atoms. The highest BCUT2D eigenvalue weighted by Gasteiger charge is 1.94. The molecule has 2 N–H and O–H groups in total. The Morgan fingerprint density at radius 3 is 2.08 bits per heavy atom. The number of benzene rings is 1. The number of anilines is 1. The Kier molecular flexibility index (Phi) is 6.13. The van der Waals surface area contributed by atoms with Crippen molar-refractivity contribution in [3.63, 3.8) is 0 Å². The minimum Gasteiger partial charge on any atom is -0.398 e. The predicted octanol–water partition coefficient (Wildman–Crippen LogP) is 0.817. The van der Waals surface area contributed by atoms with Crippen molar-refractivity contribution in [1.29, 1.82) is 0 Å². The first kappa shape index (κ1) is 12.8. The Hall–Kier alpha value is -0.240. The second-order valence-corrected chi connectivity index (χ2v) is 3.35. The Morgan fingerprint density at radius 2 is 1.77 bits per heavy atom. The highest BCUT2D eigenvalue weighted by molar-refractivity contribution is 9.10. The number of nitrogens with two attached hydrogens (primary N) is 1. The summed E-state index contributed by atoms with van der Waals surface area (Å²) in [6.45, 7) is 2.01. The highest BCUT2D eigenvalue weighted by atomic mass is 79.9. The van der Waals surface area contributed by atoms with E-state index in [1.165, 1.54) is 5.56 Å². The third-order valence-corrected chi connectivity index (χ3v) is 2.30. The second-order valence-electron chi connectivity index (χ2n) is 2.56. The molecule has 0 aliphatic carbocycles. The summed E-state index contributed by atoms with van der Waals surface area (Å²) in [5.41, 5.74) is 7.55. The van der Waals surface area contributed by atoms with Gasteiger partial charge in [-0.05, 0) is 34.5 Å². The molecule has 0 saturated heterocycles. The summed E-state index contributed by atoms with van der Waals surface area (Å²) in [5.74, 6) is 0. The van der Waals surface area contributed by atoms with Crippen LogP contribution in [0.4, 0.5) is 5.69 Å². The van der Waals surface area contributed by atoms with Crippen molar-refractivity contribution in [2.75, 3.05) is 5.73 Å². The number of hydrogen-bond donors (Lipinski definition) is 1. The molecule has 0 saturated carbocycles. The lowest BCUT2D eigenvalue weighted by Crippen LogP contribution is -2.11. The van der Waals surface area contributed by atoms with Gasteiger partial charge in [-0.15, -0.1) is 0 Å². The quantitative estimate of drug-likeness (QED) is 0.517. The van der Waals surface area contributed by atoms with E-state index >= 15 is 0 Å². The summed E-state index contributed by atoms with van der Waals surface area (Å²) < 4.78 is 1.00. The molecule has 6 heteroatoms. The fraction of sp³-hybridized carbons (Fsp3) is 0.143. The van der Waals surface area contributed by atoms with Crippen molar-refractivity contribution in [3.05, 3.63) is 28.2 Å². The third kappa shape index (κ3) is 5.92. The van der Waals surface area contributed by atoms with Crippen LogP contribution in [0.15, 0.2) is 22.7 Å². The van der Waals surface area contributed by atoms with Crippen LogP contribution in [-0.2, 0) is 0 Å². The van der Waals surface area contributed by atoms with Crippen molar-refractivity contribution in [2.24, 2.45) is 0 Å². The normalized spacial score (nSPS) is 8.46. The Balaban J connectivity index is 0.000000310. The summed E-state index contributed by atoms with van der Waals surface area (Å²) in [6, 6.07) is 5.83. The molecule has 0 aromatic heterocycles. The standard InChI is InChI=1S/C7H8BrN.B4/c1-5-3-2-4-6(9)7(5)8;1-4(2)3/h2-4H,9H2,1H3;. The van der Waals surface area contributed by atoms with Gasteiger partial charge in [0.25, 0.3) is 0 Å². The topological polar surface area (TPSA) is 26.0 Å². The lowest BCUT2D eigenvalue weighted by molar-refractivity contribution is 1.43. The summed E-state index contributed by atoms with van der Waals surface area (Å²) in [4.78, 5) is 0. The SMILES string of the molecule is Cc1cccc(N)c1Br.[B]B([B])[B]. The van der Waals surface area contributed by atoms with Crippen LogP contribution in [0.5, 0.6) is 0 Å². The van der Waals surface area contributed by atoms with E-state index in [-0.39, 0.29) is 0 Å². The number of aryl methyl sites for hydroxylation is 1. The largest absolute Gasteiger partial charge is 0.398 e. The minimum atomic E-state index is -0.667. The van der Waals surface area contributed by atoms with Crippen LogP contribution in [0.1, 0.15) is 5.56 Å². The van der Waals surface area contributed by atoms with E-state index in [0.29, 0.717) is 0 Å². The first-order valence-electron chi connectivity index (χ1n) is 3.72. The molecule has 1 rings (SSSR count). The lowest BCUT2D eigenvalue weighted by Gasteiger charge is -1.98. The molecule has 0 heterocycles. The van der Waals surface area contributed by atoms with Gasteiger partial charge in [0.15, 0.2) is 0 Å². The van der Waals surface area contributed by atoms with E-state index in [9.17, 15) is 0 Å². The fourth-order valence-corrected chi connectivity index (χ4v) is 0.934. The molecule has 1 aromatic carbocycles. The van der Waals surface area contributed by atoms with E-state index in [1.807, 2.05) is 25.1 Å². The predicted molar refractivity (Wildman–Crippen MR) is 66.3 cm³/mol. The average molecular weight is 229 g/mol. The van der Waals surface area contributed by atoms with Gasteiger partial charge in [-0.3, -0.25) is 0 Å². The van der Waals surface area contributed by atoms with Gasteiger partial charge < -0.3 is 5.73 Å². The maximum atomic E-state index is 5.57. The summed E-state index contributed by atoms with van der Waals surface area (Å²) in [6.07, 6.45) is -0.667. The van der Waals surface area contributed by atoms with E-state index in [1.54, 1.807) is 0 Å². The molecule has 0 aliphatic heterocycles. The van der Waals surface area contributed by atoms with Gasteiger partial charge in [0.2, 0.25) is 0 Å². The van der Waals surface area contributed by atoms with E-state index in [2.05, 4.69) is 39.1 Å². The van der Waals surface area contributed by atoms with Crippen molar-refractivity contribution in [2.45, 2.75) is 6.92 Å².